The van der Waals surface area contributed by atoms with Gasteiger partial charge in [0, 0.05) is 32.4 Å². The second-order valence-electron chi connectivity index (χ2n) is 6.47. The van der Waals surface area contributed by atoms with Crippen LogP contribution < -0.4 is 5.32 Å². The summed E-state index contributed by atoms with van der Waals surface area (Å²) in [5.74, 6) is -0.185. The van der Waals surface area contributed by atoms with Crippen molar-refractivity contribution in [1.29, 1.82) is 0 Å². The molecule has 0 aliphatic heterocycles. The zero-order valence-corrected chi connectivity index (χ0v) is 18.4. The second-order valence-corrected chi connectivity index (χ2v) is 9.20. The number of rotatable bonds is 19. The molecule has 0 rings (SSSR count). The summed E-state index contributed by atoms with van der Waals surface area (Å²) in [5.41, 5.74) is 0. The number of methoxy groups -OCH3 is 1. The van der Waals surface area contributed by atoms with E-state index in [-0.39, 0.29) is 5.97 Å². The van der Waals surface area contributed by atoms with Crippen LogP contribution in [0.2, 0.25) is 6.04 Å². The number of nitrogens with one attached hydrogen (secondary N) is 1. The van der Waals surface area contributed by atoms with Crippen molar-refractivity contribution in [2.24, 2.45) is 0 Å². The van der Waals surface area contributed by atoms with Crippen molar-refractivity contribution in [3.8, 4) is 0 Å². The van der Waals surface area contributed by atoms with E-state index in [1.807, 2.05) is 0 Å². The molecule has 0 unspecified atom stereocenters. The SMILES string of the molecule is CCCCO[Si](CCCNCCC(=O)OC)(OCCCC)OCCCC. The van der Waals surface area contributed by atoms with Crippen LogP contribution in [0.1, 0.15) is 72.1 Å². The number of hydrogen-bond donors (Lipinski definition) is 1. The molecule has 0 aromatic carbocycles. The lowest BCUT2D eigenvalue weighted by atomic mass is 10.4. The molecule has 0 atom stereocenters. The average molecular weight is 392 g/mol. The van der Waals surface area contributed by atoms with Crippen LogP contribution in [0.25, 0.3) is 0 Å². The van der Waals surface area contributed by atoms with Crippen LogP contribution in [0.4, 0.5) is 0 Å². The molecule has 1 N–H and O–H groups in total. The van der Waals surface area contributed by atoms with Crippen molar-refractivity contribution in [3.05, 3.63) is 0 Å². The molecular weight excluding hydrogens is 350 g/mol. The Kier molecular flexibility index (Phi) is 17.6. The average Bonchev–Trinajstić information content (AvgIpc) is 2.65. The zero-order chi connectivity index (χ0) is 19.5. The van der Waals surface area contributed by atoms with Crippen molar-refractivity contribution in [3.63, 3.8) is 0 Å². The summed E-state index contributed by atoms with van der Waals surface area (Å²) in [6, 6.07) is 0.815. The van der Waals surface area contributed by atoms with Gasteiger partial charge in [-0.15, -0.1) is 0 Å². The Morgan fingerprint density at radius 1 is 0.808 bits per heavy atom. The second kappa shape index (κ2) is 17.9. The van der Waals surface area contributed by atoms with E-state index in [2.05, 4.69) is 30.8 Å². The van der Waals surface area contributed by atoms with Crippen molar-refractivity contribution >= 4 is 14.8 Å². The third-order valence-electron chi connectivity index (χ3n) is 4.03. The monoisotopic (exact) mass is 391 g/mol. The van der Waals surface area contributed by atoms with Gasteiger partial charge in [-0.25, -0.2) is 0 Å². The van der Waals surface area contributed by atoms with Gasteiger partial charge in [-0.2, -0.15) is 0 Å². The fourth-order valence-corrected chi connectivity index (χ4v) is 4.96. The normalized spacial score (nSPS) is 11.7. The molecule has 0 spiro atoms. The Labute approximate surface area is 161 Å². The van der Waals surface area contributed by atoms with E-state index < -0.39 is 8.80 Å². The molecule has 156 valence electrons. The molecular formula is C19H41NO5Si. The Morgan fingerprint density at radius 2 is 1.31 bits per heavy atom. The molecule has 6 nitrogen and oxygen atoms in total. The standard InChI is InChI=1S/C19H41NO5Si/c1-5-8-15-23-26(24-16-9-6-2,25-17-10-7-3)18-11-13-20-14-12-19(21)22-4/h20H,5-18H2,1-4H3. The number of unbranched alkanes of at least 4 members (excludes halogenated alkanes) is 3. The van der Waals surface area contributed by atoms with Gasteiger partial charge in [0.05, 0.1) is 13.5 Å². The van der Waals surface area contributed by atoms with Gasteiger partial charge in [-0.3, -0.25) is 4.79 Å². The fraction of sp³-hybridized carbons (Fsp3) is 0.947. The summed E-state index contributed by atoms with van der Waals surface area (Å²) in [6.45, 7) is 10.0. The minimum Gasteiger partial charge on any atom is -0.469 e. The van der Waals surface area contributed by atoms with E-state index in [9.17, 15) is 4.79 Å². The highest BCUT2D eigenvalue weighted by Crippen LogP contribution is 2.20. The van der Waals surface area contributed by atoms with Crippen molar-refractivity contribution in [1.82, 2.24) is 5.32 Å². The first-order valence-electron chi connectivity index (χ1n) is 10.3. The van der Waals surface area contributed by atoms with E-state index in [0.717, 1.165) is 57.5 Å². The quantitative estimate of drug-likeness (QED) is 0.204. The van der Waals surface area contributed by atoms with E-state index in [1.54, 1.807) is 0 Å². The maximum Gasteiger partial charge on any atom is 0.501 e. The molecule has 0 aliphatic carbocycles. The van der Waals surface area contributed by atoms with Crippen LogP contribution in [-0.2, 0) is 22.8 Å². The predicted octanol–water partition coefficient (Wildman–Crippen LogP) is 3.92. The number of ether oxygens (including phenoxy) is 1. The van der Waals surface area contributed by atoms with E-state index in [1.165, 1.54) is 7.11 Å². The van der Waals surface area contributed by atoms with Crippen molar-refractivity contribution < 1.29 is 22.8 Å². The van der Waals surface area contributed by atoms with Gasteiger partial charge >= 0.3 is 14.8 Å². The Bertz CT molecular complexity index is 305. The van der Waals surface area contributed by atoms with Gasteiger partial charge < -0.3 is 23.3 Å². The highest BCUT2D eigenvalue weighted by molar-refractivity contribution is 6.60. The molecule has 0 fully saturated rings. The van der Waals surface area contributed by atoms with Gasteiger partial charge in [-0.1, -0.05) is 40.0 Å². The van der Waals surface area contributed by atoms with Gasteiger partial charge in [0.2, 0.25) is 0 Å². The number of carbonyl (C=O) groups excluding carboxylic acids is 1. The summed E-state index contributed by atoms with van der Waals surface area (Å²) >= 11 is 0. The summed E-state index contributed by atoms with van der Waals surface area (Å²) in [5, 5.41) is 3.28. The van der Waals surface area contributed by atoms with Gasteiger partial charge in [0.25, 0.3) is 0 Å². The van der Waals surface area contributed by atoms with Crippen molar-refractivity contribution in [2.75, 3.05) is 40.0 Å². The van der Waals surface area contributed by atoms with E-state index in [4.69, 9.17) is 13.3 Å². The Morgan fingerprint density at radius 3 is 1.73 bits per heavy atom. The fourth-order valence-electron chi connectivity index (χ4n) is 2.30. The molecule has 0 aliphatic rings. The number of carbonyl (C=O) groups is 1. The minimum atomic E-state index is -2.63. The van der Waals surface area contributed by atoms with Crippen LogP contribution in [0.15, 0.2) is 0 Å². The van der Waals surface area contributed by atoms with E-state index >= 15 is 0 Å². The van der Waals surface area contributed by atoms with Crippen LogP contribution in [0, 0.1) is 0 Å². The predicted molar refractivity (Wildman–Crippen MR) is 107 cm³/mol. The molecule has 0 aromatic heterocycles. The molecule has 26 heavy (non-hydrogen) atoms. The topological polar surface area (TPSA) is 66.0 Å². The molecule has 0 heterocycles. The number of esters is 1. The Hall–Kier alpha value is -0.473. The van der Waals surface area contributed by atoms with Crippen LogP contribution in [-0.4, -0.2) is 54.8 Å². The first-order valence-corrected chi connectivity index (χ1v) is 12.3. The van der Waals surface area contributed by atoms with Gasteiger partial charge in [0.15, 0.2) is 0 Å². The lowest BCUT2D eigenvalue weighted by Gasteiger charge is -2.30. The van der Waals surface area contributed by atoms with Gasteiger partial charge in [-0.05, 0) is 32.2 Å². The smallest absolute Gasteiger partial charge is 0.469 e. The third kappa shape index (κ3) is 13.7. The van der Waals surface area contributed by atoms with Gasteiger partial charge in [0.1, 0.15) is 0 Å². The lowest BCUT2D eigenvalue weighted by molar-refractivity contribution is -0.140. The third-order valence-corrected chi connectivity index (χ3v) is 6.93. The van der Waals surface area contributed by atoms with Crippen LogP contribution in [0.3, 0.4) is 0 Å². The molecule has 0 amide bonds. The minimum absolute atomic E-state index is 0.185. The summed E-state index contributed by atoms with van der Waals surface area (Å²) in [6.07, 6.45) is 7.70. The van der Waals surface area contributed by atoms with Crippen LogP contribution in [0.5, 0.6) is 0 Å². The molecule has 0 radical (unpaired) electrons. The molecule has 0 aromatic rings. The molecule has 0 saturated heterocycles. The lowest BCUT2D eigenvalue weighted by Crippen LogP contribution is -2.47. The summed E-state index contributed by atoms with van der Waals surface area (Å²) < 4.78 is 23.3. The molecule has 0 bridgehead atoms. The Balaban J connectivity index is 4.48. The first kappa shape index (κ1) is 25.5. The van der Waals surface area contributed by atoms with Crippen LogP contribution >= 0.6 is 0 Å². The highest BCUT2D eigenvalue weighted by Gasteiger charge is 2.40. The summed E-state index contributed by atoms with van der Waals surface area (Å²) in [7, 11) is -1.21. The largest absolute Gasteiger partial charge is 0.501 e. The summed E-state index contributed by atoms with van der Waals surface area (Å²) in [4.78, 5) is 11.1. The first-order chi connectivity index (χ1) is 12.6. The highest BCUT2D eigenvalue weighted by atomic mass is 28.4. The molecule has 0 saturated carbocycles. The maximum absolute atomic E-state index is 11.1. The maximum atomic E-state index is 11.1. The molecule has 7 heteroatoms. The zero-order valence-electron chi connectivity index (χ0n) is 17.4. The van der Waals surface area contributed by atoms with E-state index in [0.29, 0.717) is 32.8 Å². The van der Waals surface area contributed by atoms with Crippen molar-refractivity contribution in [2.45, 2.75) is 78.2 Å². The number of hydrogen-bond acceptors (Lipinski definition) is 6.